The minimum Gasteiger partial charge on any atom is -0.477 e. The fourth-order valence-electron chi connectivity index (χ4n) is 1.13. The van der Waals surface area contributed by atoms with Crippen LogP contribution in [0.25, 0.3) is 0 Å². The van der Waals surface area contributed by atoms with Gasteiger partial charge in [0.25, 0.3) is 0 Å². The molecule has 0 atom stereocenters. The molecule has 0 fully saturated rings. The number of ether oxygens (including phenoxy) is 1. The summed E-state index contributed by atoms with van der Waals surface area (Å²) in [4.78, 5) is 25.9. The molecule has 98 valence electrons. The van der Waals surface area contributed by atoms with Crippen molar-refractivity contribution < 1.29 is 19.4 Å². The molecule has 0 unspecified atom stereocenters. The van der Waals surface area contributed by atoms with E-state index in [4.69, 9.17) is 9.84 Å². The van der Waals surface area contributed by atoms with Crippen LogP contribution < -0.4 is 5.32 Å². The lowest BCUT2D eigenvalue weighted by Gasteiger charge is -2.05. The van der Waals surface area contributed by atoms with Gasteiger partial charge in [-0.1, -0.05) is 0 Å². The second-order valence-electron chi connectivity index (χ2n) is 3.33. The first-order valence-electron chi connectivity index (χ1n) is 5.19. The van der Waals surface area contributed by atoms with E-state index in [1.807, 2.05) is 0 Å². The van der Waals surface area contributed by atoms with E-state index < -0.39 is 5.97 Å². The molecule has 0 saturated heterocycles. The lowest BCUT2D eigenvalue weighted by molar-refractivity contribution is -0.113. The molecule has 7 heteroatoms. The molecule has 1 heterocycles. The maximum atomic E-state index is 11.5. The molecule has 1 rings (SSSR count). The summed E-state index contributed by atoms with van der Waals surface area (Å²) >= 11 is 1.45. The first-order chi connectivity index (χ1) is 8.63. The van der Waals surface area contributed by atoms with Crippen molar-refractivity contribution in [2.24, 2.45) is 0 Å². The SMILES string of the molecule is COCCSCC(=O)Nc1ccnc(C(=O)O)c1. The Hall–Kier alpha value is -1.60. The molecule has 0 aliphatic heterocycles. The van der Waals surface area contributed by atoms with Gasteiger partial charge in [0.1, 0.15) is 5.69 Å². The number of carbonyl (C=O) groups excluding carboxylic acids is 1. The number of hydrogen-bond donors (Lipinski definition) is 2. The molecule has 0 aliphatic carbocycles. The van der Waals surface area contributed by atoms with Crippen molar-refractivity contribution in [3.63, 3.8) is 0 Å². The Labute approximate surface area is 109 Å². The quantitative estimate of drug-likeness (QED) is 0.721. The van der Waals surface area contributed by atoms with Crippen LogP contribution in [-0.2, 0) is 9.53 Å². The van der Waals surface area contributed by atoms with Gasteiger partial charge in [-0.2, -0.15) is 0 Å². The standard InChI is InChI=1S/C11H14N2O4S/c1-17-4-5-18-7-10(14)13-8-2-3-12-9(6-8)11(15)16/h2-3,6H,4-5,7H2,1H3,(H,15,16)(H,12,13,14). The van der Waals surface area contributed by atoms with Gasteiger partial charge in [0.2, 0.25) is 5.91 Å². The highest BCUT2D eigenvalue weighted by molar-refractivity contribution is 7.99. The molecule has 0 bridgehead atoms. The number of carbonyl (C=O) groups is 2. The van der Waals surface area contributed by atoms with E-state index in [0.29, 0.717) is 18.0 Å². The Morgan fingerprint density at radius 1 is 1.56 bits per heavy atom. The first kappa shape index (κ1) is 14.5. The molecule has 1 aromatic heterocycles. The zero-order valence-electron chi connectivity index (χ0n) is 9.88. The summed E-state index contributed by atoms with van der Waals surface area (Å²) < 4.78 is 4.86. The summed E-state index contributed by atoms with van der Waals surface area (Å²) in [5.41, 5.74) is 0.333. The number of hydrogen-bond acceptors (Lipinski definition) is 5. The van der Waals surface area contributed by atoms with Crippen molar-refractivity contribution >= 4 is 29.3 Å². The summed E-state index contributed by atoms with van der Waals surface area (Å²) in [6.07, 6.45) is 1.34. The number of methoxy groups -OCH3 is 1. The molecule has 0 aliphatic rings. The van der Waals surface area contributed by atoms with E-state index in [1.165, 1.54) is 24.0 Å². The van der Waals surface area contributed by atoms with Crippen molar-refractivity contribution in [2.75, 3.05) is 30.5 Å². The van der Waals surface area contributed by atoms with E-state index in [0.717, 1.165) is 5.75 Å². The average molecular weight is 270 g/mol. The molecule has 0 spiro atoms. The van der Waals surface area contributed by atoms with Crippen LogP contribution in [0.5, 0.6) is 0 Å². The van der Waals surface area contributed by atoms with Crippen LogP contribution in [0.1, 0.15) is 10.5 Å². The van der Waals surface area contributed by atoms with E-state index in [-0.39, 0.29) is 11.6 Å². The van der Waals surface area contributed by atoms with E-state index in [2.05, 4.69) is 10.3 Å². The number of nitrogens with zero attached hydrogens (tertiary/aromatic N) is 1. The van der Waals surface area contributed by atoms with E-state index in [9.17, 15) is 9.59 Å². The molecule has 2 N–H and O–H groups in total. The minimum atomic E-state index is -1.12. The maximum Gasteiger partial charge on any atom is 0.354 e. The zero-order chi connectivity index (χ0) is 13.4. The van der Waals surface area contributed by atoms with Crippen LogP contribution in [0.2, 0.25) is 0 Å². The van der Waals surface area contributed by atoms with Crippen molar-refractivity contribution in [3.8, 4) is 0 Å². The van der Waals surface area contributed by atoms with E-state index in [1.54, 1.807) is 13.2 Å². The molecule has 1 aromatic rings. The van der Waals surface area contributed by atoms with Crippen molar-refractivity contribution in [3.05, 3.63) is 24.0 Å². The fourth-order valence-corrected chi connectivity index (χ4v) is 1.82. The Balaban J connectivity index is 2.44. The highest BCUT2D eigenvalue weighted by Crippen LogP contribution is 2.09. The molecular formula is C11H14N2O4S. The molecule has 0 aromatic carbocycles. The number of anilines is 1. The molecular weight excluding hydrogens is 256 g/mol. The number of carboxylic acids is 1. The minimum absolute atomic E-state index is 0.0974. The number of aromatic carboxylic acids is 1. The molecule has 18 heavy (non-hydrogen) atoms. The number of pyridine rings is 1. The maximum absolute atomic E-state index is 11.5. The zero-order valence-corrected chi connectivity index (χ0v) is 10.7. The monoisotopic (exact) mass is 270 g/mol. The van der Waals surface area contributed by atoms with Gasteiger partial charge < -0.3 is 15.2 Å². The third-order valence-electron chi connectivity index (χ3n) is 1.93. The highest BCUT2D eigenvalue weighted by Gasteiger charge is 2.07. The first-order valence-corrected chi connectivity index (χ1v) is 6.35. The summed E-state index contributed by atoms with van der Waals surface area (Å²) in [6, 6.07) is 2.87. The smallest absolute Gasteiger partial charge is 0.354 e. The van der Waals surface area contributed by atoms with Gasteiger partial charge in [0.15, 0.2) is 0 Å². The average Bonchev–Trinajstić information content (AvgIpc) is 2.35. The molecule has 6 nitrogen and oxygen atoms in total. The van der Waals surface area contributed by atoms with E-state index >= 15 is 0 Å². The van der Waals surface area contributed by atoms with Crippen LogP contribution in [0.15, 0.2) is 18.3 Å². The van der Waals surface area contributed by atoms with Gasteiger partial charge in [0.05, 0.1) is 12.4 Å². The van der Waals surface area contributed by atoms with Crippen LogP contribution >= 0.6 is 11.8 Å². The number of aromatic nitrogens is 1. The van der Waals surface area contributed by atoms with Gasteiger partial charge in [-0.05, 0) is 12.1 Å². The van der Waals surface area contributed by atoms with Crippen LogP contribution in [-0.4, -0.2) is 47.2 Å². The van der Waals surface area contributed by atoms with Crippen LogP contribution in [0, 0.1) is 0 Å². The number of rotatable bonds is 7. The summed E-state index contributed by atoms with van der Waals surface area (Å²) in [6.45, 7) is 0.594. The second kappa shape index (κ2) is 7.67. The Morgan fingerprint density at radius 3 is 3.00 bits per heavy atom. The third-order valence-corrected chi connectivity index (χ3v) is 2.85. The summed E-state index contributed by atoms with van der Waals surface area (Å²) in [7, 11) is 1.60. The number of thioether (sulfide) groups is 1. The number of nitrogens with one attached hydrogen (secondary N) is 1. The largest absolute Gasteiger partial charge is 0.477 e. The lowest BCUT2D eigenvalue weighted by Crippen LogP contribution is -2.15. The normalized spacial score (nSPS) is 10.1. The third kappa shape index (κ3) is 5.15. The van der Waals surface area contributed by atoms with Gasteiger partial charge in [-0.15, -0.1) is 11.8 Å². The van der Waals surface area contributed by atoms with Crippen molar-refractivity contribution in [2.45, 2.75) is 0 Å². The topological polar surface area (TPSA) is 88.5 Å². The van der Waals surface area contributed by atoms with Gasteiger partial charge in [-0.3, -0.25) is 4.79 Å². The Bertz CT molecular complexity index is 425. The van der Waals surface area contributed by atoms with Crippen LogP contribution in [0.4, 0.5) is 5.69 Å². The van der Waals surface area contributed by atoms with Gasteiger partial charge in [-0.25, -0.2) is 9.78 Å². The lowest BCUT2D eigenvalue weighted by atomic mass is 10.3. The summed E-state index contributed by atoms with van der Waals surface area (Å²) in [5.74, 6) is -0.270. The van der Waals surface area contributed by atoms with Crippen molar-refractivity contribution in [1.82, 2.24) is 4.98 Å². The summed E-state index contributed by atoms with van der Waals surface area (Å²) in [5, 5.41) is 11.4. The Kier molecular flexibility index (Phi) is 6.16. The van der Waals surface area contributed by atoms with Gasteiger partial charge >= 0.3 is 5.97 Å². The number of carboxylic acid groups (broad SMARTS) is 1. The second-order valence-corrected chi connectivity index (χ2v) is 4.43. The number of amides is 1. The molecule has 0 saturated carbocycles. The Morgan fingerprint density at radius 2 is 2.33 bits per heavy atom. The van der Waals surface area contributed by atoms with Crippen LogP contribution in [0.3, 0.4) is 0 Å². The molecule has 1 amide bonds. The van der Waals surface area contributed by atoms with Gasteiger partial charge in [0, 0.05) is 24.7 Å². The molecule has 0 radical (unpaired) electrons. The fraction of sp³-hybridized carbons (Fsp3) is 0.364. The van der Waals surface area contributed by atoms with Crippen molar-refractivity contribution in [1.29, 1.82) is 0 Å². The predicted molar refractivity (Wildman–Crippen MR) is 69.0 cm³/mol. The highest BCUT2D eigenvalue weighted by atomic mass is 32.2. The predicted octanol–water partition coefficient (Wildman–Crippen LogP) is 1.10.